The van der Waals surface area contributed by atoms with E-state index in [4.69, 9.17) is 0 Å². The van der Waals surface area contributed by atoms with Crippen molar-refractivity contribution in [2.45, 2.75) is 0 Å². The Morgan fingerprint density at radius 3 is 0.702 bits per heavy atom. The summed E-state index contributed by atoms with van der Waals surface area (Å²) in [7, 11) is 0. The maximum atomic E-state index is 4.18. The summed E-state index contributed by atoms with van der Waals surface area (Å²) in [6.07, 6.45) is 56.7. The van der Waals surface area contributed by atoms with Gasteiger partial charge in [0.05, 0.1) is 33.1 Å². The van der Waals surface area contributed by atoms with Crippen LogP contribution in [0.5, 0.6) is 0 Å². The van der Waals surface area contributed by atoms with Crippen LogP contribution in [0.15, 0.2) is 496 Å². The summed E-state index contributed by atoms with van der Waals surface area (Å²) < 4.78 is 0. The Bertz CT molecular complexity index is 4910. The maximum Gasteiger partial charge on any atom is 0.159 e. The van der Waals surface area contributed by atoms with E-state index in [-0.39, 0.29) is 0 Å². The van der Waals surface area contributed by atoms with Crippen LogP contribution < -0.4 is 0 Å². The van der Waals surface area contributed by atoms with Gasteiger partial charge in [0.25, 0.3) is 0 Å². The van der Waals surface area contributed by atoms with E-state index in [2.05, 4.69) is 175 Å². The molecule has 23 nitrogen and oxygen atoms in total. The second-order valence-corrected chi connectivity index (χ2v) is 25.0. The third-order valence-corrected chi connectivity index (χ3v) is 16.6. The molecule has 0 aliphatic rings. The van der Waals surface area contributed by atoms with Gasteiger partial charge in [0.2, 0.25) is 0 Å². The van der Waals surface area contributed by atoms with Gasteiger partial charge in [-0.05, 0) is 166 Å². The number of para-hydroxylation sites is 5. The Morgan fingerprint density at radius 2 is 0.371 bits per heavy atom. The summed E-state index contributed by atoms with van der Waals surface area (Å²) in [6, 6.07) is 95.5. The SMILES string of the molecule is c1cc2cnccc2cn1.c1ccc2cnccc2c1.c1ccc2cnccc2c1.c1ccc2cnccc2c1.c1ccc2ncccc2c1.c1ccc2ncccc2c1.c1ccc2nccnc2c1.c1ccc2ncncc2c1.c1ccncc1.c1cnc2ccncc2c1.c1cnc2ncccc2c1.c1cnccn1.c1cncnc1.c1ncncn1. The number of fused-ring (bicyclic) bond motifs is 10. The maximum absolute atomic E-state index is 4.18. The Hall–Kier alpha value is -17.7. The number of nitrogens with zero attached hydrogens (tertiary/aromatic N) is 23. The first-order valence-corrected chi connectivity index (χ1v) is 38.7. The number of pyridine rings is 12. The first kappa shape index (κ1) is 87.1. The summed E-state index contributed by atoms with van der Waals surface area (Å²) in [5.41, 5.74) is 6.82. The molecule has 17 heterocycles. The first-order valence-electron chi connectivity index (χ1n) is 38.7. The second-order valence-electron chi connectivity index (χ2n) is 25.0. The molecule has 24 aromatic rings. The minimum atomic E-state index is 0.810. The molecule has 600 valence electrons. The topological polar surface area (TPSA) is 296 Å². The van der Waals surface area contributed by atoms with E-state index in [1.807, 2.05) is 299 Å². The van der Waals surface area contributed by atoms with Crippen molar-refractivity contribution in [3.8, 4) is 0 Å². The summed E-state index contributed by atoms with van der Waals surface area (Å²) in [4.78, 5) is 90.1. The van der Waals surface area contributed by atoms with E-state index in [0.717, 1.165) is 65.7 Å². The highest BCUT2D eigenvalue weighted by Gasteiger charge is 1.95. The summed E-state index contributed by atoms with van der Waals surface area (Å²) in [5, 5.41) is 15.3. The van der Waals surface area contributed by atoms with Crippen molar-refractivity contribution < 1.29 is 0 Å². The van der Waals surface area contributed by atoms with E-state index in [0.29, 0.717) is 0 Å². The van der Waals surface area contributed by atoms with E-state index < -0.39 is 0 Å². The highest BCUT2D eigenvalue weighted by atomic mass is 14.9. The van der Waals surface area contributed by atoms with Crippen LogP contribution in [-0.4, -0.2) is 115 Å². The van der Waals surface area contributed by atoms with E-state index in [1.165, 1.54) is 68.4 Å². The fraction of sp³-hybridized carbons (Fsp3) is 0. The molecule has 0 radical (unpaired) electrons. The van der Waals surface area contributed by atoms with Crippen molar-refractivity contribution in [2.24, 2.45) is 0 Å². The van der Waals surface area contributed by atoms with Gasteiger partial charge in [-0.15, -0.1) is 0 Å². The lowest BCUT2D eigenvalue weighted by atomic mass is 10.2. The van der Waals surface area contributed by atoms with E-state index in [9.17, 15) is 0 Å². The fourth-order valence-electron chi connectivity index (χ4n) is 10.7. The van der Waals surface area contributed by atoms with Crippen molar-refractivity contribution in [1.29, 1.82) is 0 Å². The average molecular weight is 1620 g/mol. The van der Waals surface area contributed by atoms with Gasteiger partial charge in [-0.1, -0.05) is 158 Å². The van der Waals surface area contributed by atoms with Crippen LogP contribution in [0.4, 0.5) is 0 Å². The zero-order valence-electron chi connectivity index (χ0n) is 67.1. The first-order chi connectivity index (χ1) is 61.7. The Kier molecular flexibility index (Phi) is 37.6. The van der Waals surface area contributed by atoms with Gasteiger partial charge in [0.15, 0.2) is 5.65 Å². The molecule has 24 rings (SSSR count). The Balaban J connectivity index is 0.000000130. The van der Waals surface area contributed by atoms with Gasteiger partial charge in [0, 0.05) is 211 Å². The lowest BCUT2D eigenvalue weighted by molar-refractivity contribution is 1.05. The molecule has 0 spiro atoms. The molecule has 0 N–H and O–H groups in total. The number of rotatable bonds is 0. The van der Waals surface area contributed by atoms with Crippen LogP contribution in [0.2, 0.25) is 0 Å². The molecule has 7 aromatic carbocycles. The standard InChI is InChI=1S/5C9H7N.5C8H6N2.C5H5N.2C4H4N2.C3H3N3/c2*1-2-6-9-8(4-1)5-3-7-10-9;3*1-2-4-9-7-10-6-5-8(9)3-1;1-3-9-6-8-2-4-10-5-7(1)8;1-3-7-4-2-6-10-8(7)9-5-1;1-2-7-6-9-5-3-8(7)10-4-1;1-2-4-8-7(3-1)5-9-6-10-8;1-2-4-8-7(3-1)9-5-6-10-8;1-2-4-6-5-3-1;1-2-6-4-3-5-1;1-2-5-4-6-3-1;1-4-2-6-3-5-1/h5*1-7H;5*1-6H;1-5H;2*1-4H;1-3H. The van der Waals surface area contributed by atoms with Crippen LogP contribution in [0.25, 0.3) is 109 Å². The van der Waals surface area contributed by atoms with Crippen LogP contribution in [0.1, 0.15) is 0 Å². The van der Waals surface area contributed by atoms with Crippen molar-refractivity contribution >= 4 is 109 Å². The smallest absolute Gasteiger partial charge is 0.159 e. The lowest BCUT2D eigenvalue weighted by Crippen LogP contribution is -1.78. The highest BCUT2D eigenvalue weighted by Crippen LogP contribution is 2.16. The van der Waals surface area contributed by atoms with Crippen LogP contribution in [0.3, 0.4) is 0 Å². The summed E-state index contributed by atoms with van der Waals surface area (Å²) in [5.74, 6) is 0. The van der Waals surface area contributed by atoms with Gasteiger partial charge in [0.1, 0.15) is 31.6 Å². The molecular weight excluding hydrogens is 1540 g/mol. The number of hydrogen-bond acceptors (Lipinski definition) is 23. The van der Waals surface area contributed by atoms with Gasteiger partial charge in [-0.2, -0.15) is 0 Å². The Morgan fingerprint density at radius 1 is 0.105 bits per heavy atom. The number of benzene rings is 7. The van der Waals surface area contributed by atoms with Crippen molar-refractivity contribution in [3.05, 3.63) is 496 Å². The minimum absolute atomic E-state index is 0.810. The van der Waals surface area contributed by atoms with Gasteiger partial charge < -0.3 is 0 Å². The quantitative estimate of drug-likeness (QED) is 0.136. The lowest BCUT2D eigenvalue weighted by Gasteiger charge is -1.91. The molecule has 0 aliphatic heterocycles. The molecule has 0 saturated heterocycles. The van der Waals surface area contributed by atoms with Gasteiger partial charge >= 0.3 is 0 Å². The van der Waals surface area contributed by atoms with E-state index >= 15 is 0 Å². The minimum Gasteiger partial charge on any atom is -0.265 e. The molecule has 0 atom stereocenters. The normalized spacial score (nSPS) is 9.61. The zero-order chi connectivity index (χ0) is 85.1. The molecule has 17 aromatic heterocycles. The molecule has 23 heteroatoms. The predicted molar refractivity (Wildman–Crippen MR) is 495 cm³/mol. The number of aromatic nitrogens is 23. The van der Waals surface area contributed by atoms with Crippen molar-refractivity contribution in [3.63, 3.8) is 0 Å². The molecule has 0 unspecified atom stereocenters. The molecule has 0 aliphatic carbocycles. The van der Waals surface area contributed by atoms with E-state index in [1.54, 1.807) is 112 Å². The van der Waals surface area contributed by atoms with Gasteiger partial charge in [-0.25, -0.2) is 44.9 Å². The molecule has 0 amide bonds. The number of hydrogen-bond donors (Lipinski definition) is 0. The van der Waals surface area contributed by atoms with Crippen LogP contribution in [-0.2, 0) is 0 Å². The van der Waals surface area contributed by atoms with Crippen LogP contribution in [0, 0.1) is 0 Å². The molecule has 0 fully saturated rings. The monoisotopic (exact) mass is 1620 g/mol. The zero-order valence-corrected chi connectivity index (χ0v) is 67.1. The fourth-order valence-corrected chi connectivity index (χ4v) is 10.7. The van der Waals surface area contributed by atoms with Gasteiger partial charge in [-0.3, -0.25) is 69.8 Å². The molecular formula is C101H81N23. The average Bonchev–Trinajstić information content (AvgIpc) is 0.938. The predicted octanol–water partition coefficient (Wildman–Crippen LogP) is 21.2. The van der Waals surface area contributed by atoms with Crippen LogP contribution >= 0.6 is 0 Å². The van der Waals surface area contributed by atoms with Crippen molar-refractivity contribution in [2.75, 3.05) is 0 Å². The summed E-state index contributed by atoms with van der Waals surface area (Å²) >= 11 is 0. The molecule has 0 saturated carbocycles. The van der Waals surface area contributed by atoms with Crippen molar-refractivity contribution in [1.82, 2.24) is 115 Å². The summed E-state index contributed by atoms with van der Waals surface area (Å²) in [6.45, 7) is 0. The Labute approximate surface area is 715 Å². The molecule has 124 heavy (non-hydrogen) atoms. The highest BCUT2D eigenvalue weighted by molar-refractivity contribution is 5.84. The second kappa shape index (κ2) is 53.5. The third-order valence-electron chi connectivity index (χ3n) is 16.6. The molecule has 0 bridgehead atoms. The largest absolute Gasteiger partial charge is 0.265 e. The third kappa shape index (κ3) is 32.0.